The lowest BCUT2D eigenvalue weighted by Crippen LogP contribution is -2.53. The van der Waals surface area contributed by atoms with Crippen molar-refractivity contribution < 1.29 is 5.73 Å². The molecule has 0 aromatic heterocycles. The van der Waals surface area contributed by atoms with Crippen molar-refractivity contribution in [1.29, 1.82) is 0 Å². The molecule has 0 spiro atoms. The molecule has 2 rings (SSSR count). The van der Waals surface area contributed by atoms with Gasteiger partial charge in [0.15, 0.2) is 0 Å². The number of quaternary nitrogens is 1. The molecule has 0 aliphatic carbocycles. The average molecular weight is 267 g/mol. The summed E-state index contributed by atoms with van der Waals surface area (Å²) >= 11 is 12.2. The Hall–Kier alpha value is -1.02. The zero-order chi connectivity index (χ0) is 12.3. The lowest BCUT2D eigenvalue weighted by molar-refractivity contribution is -0.370. The van der Waals surface area contributed by atoms with Crippen molar-refractivity contribution >= 4 is 23.2 Å². The zero-order valence-corrected chi connectivity index (χ0v) is 10.9. The van der Waals surface area contributed by atoms with Gasteiger partial charge >= 0.3 is 0 Å². The Balaban J connectivity index is 2.42. The molecule has 2 aromatic carbocycles. The van der Waals surface area contributed by atoms with Crippen LogP contribution in [0, 0.1) is 0 Å². The van der Waals surface area contributed by atoms with Gasteiger partial charge in [-0.2, -0.15) is 0 Å². The summed E-state index contributed by atoms with van der Waals surface area (Å²) in [5, 5.41) is 1.37. The predicted octanol–water partition coefficient (Wildman–Crippen LogP) is 3.37. The number of rotatable bonds is 3. The molecule has 0 bridgehead atoms. The standard InChI is InChI=1S/C14H13Cl2N/c15-11-6-7-12(14(16)8-11)13(9-17)10-4-2-1-3-5-10/h1-8,13H,9,17H2/p+1/t13-/m0/s1. The van der Waals surface area contributed by atoms with E-state index < -0.39 is 0 Å². The second-order valence-corrected chi connectivity index (χ2v) is 4.76. The van der Waals surface area contributed by atoms with Crippen LogP contribution >= 0.6 is 23.2 Å². The highest BCUT2D eigenvalue weighted by Crippen LogP contribution is 2.31. The minimum absolute atomic E-state index is 0.223. The minimum Gasteiger partial charge on any atom is -0.357 e. The van der Waals surface area contributed by atoms with Crippen molar-refractivity contribution in [2.24, 2.45) is 0 Å². The van der Waals surface area contributed by atoms with Gasteiger partial charge in [-0.05, 0) is 23.3 Å². The summed E-state index contributed by atoms with van der Waals surface area (Å²) in [6.45, 7) is 0.769. The molecular formula is C14H14Cl2N+. The maximum Gasteiger partial charge on any atom is 0.0851 e. The molecule has 88 valence electrons. The maximum absolute atomic E-state index is 6.24. The highest BCUT2D eigenvalue weighted by Gasteiger charge is 2.17. The van der Waals surface area contributed by atoms with Gasteiger partial charge in [-0.25, -0.2) is 0 Å². The second kappa shape index (κ2) is 5.54. The van der Waals surface area contributed by atoms with E-state index in [0.29, 0.717) is 10.0 Å². The minimum atomic E-state index is 0.223. The zero-order valence-electron chi connectivity index (χ0n) is 9.37. The van der Waals surface area contributed by atoms with Gasteiger partial charge in [0.1, 0.15) is 0 Å². The van der Waals surface area contributed by atoms with Crippen molar-refractivity contribution in [1.82, 2.24) is 0 Å². The number of halogens is 2. The SMILES string of the molecule is [NH3+]C[C@@H](c1ccccc1)c1ccc(Cl)cc1Cl. The number of hydrogen-bond acceptors (Lipinski definition) is 0. The summed E-state index contributed by atoms with van der Waals surface area (Å²) in [6, 6.07) is 15.9. The Morgan fingerprint density at radius 3 is 2.29 bits per heavy atom. The largest absolute Gasteiger partial charge is 0.357 e. The molecule has 3 N–H and O–H groups in total. The molecule has 0 saturated carbocycles. The lowest BCUT2D eigenvalue weighted by atomic mass is 9.91. The topological polar surface area (TPSA) is 27.6 Å². The smallest absolute Gasteiger partial charge is 0.0851 e. The summed E-state index contributed by atoms with van der Waals surface area (Å²) in [5.74, 6) is 0.223. The van der Waals surface area contributed by atoms with Crippen molar-refractivity contribution in [3.8, 4) is 0 Å². The molecule has 0 fully saturated rings. The first-order valence-corrected chi connectivity index (χ1v) is 6.27. The van der Waals surface area contributed by atoms with E-state index in [9.17, 15) is 0 Å². The van der Waals surface area contributed by atoms with E-state index in [1.54, 1.807) is 6.07 Å². The summed E-state index contributed by atoms with van der Waals surface area (Å²) in [4.78, 5) is 0. The van der Waals surface area contributed by atoms with Crippen LogP contribution in [-0.4, -0.2) is 6.54 Å². The van der Waals surface area contributed by atoms with Gasteiger partial charge < -0.3 is 5.73 Å². The fraction of sp³-hybridized carbons (Fsp3) is 0.143. The summed E-state index contributed by atoms with van der Waals surface area (Å²) in [7, 11) is 0. The van der Waals surface area contributed by atoms with Gasteiger partial charge in [-0.1, -0.05) is 59.6 Å². The van der Waals surface area contributed by atoms with Crippen LogP contribution in [0.5, 0.6) is 0 Å². The van der Waals surface area contributed by atoms with Crippen LogP contribution in [0.15, 0.2) is 48.5 Å². The van der Waals surface area contributed by atoms with Crippen LogP contribution in [0.1, 0.15) is 17.0 Å². The molecule has 2 aromatic rings. The molecule has 17 heavy (non-hydrogen) atoms. The second-order valence-electron chi connectivity index (χ2n) is 3.92. The third-order valence-corrected chi connectivity index (χ3v) is 3.39. The van der Waals surface area contributed by atoms with Crippen molar-refractivity contribution in [3.63, 3.8) is 0 Å². The molecule has 3 heteroatoms. The maximum atomic E-state index is 6.24. The van der Waals surface area contributed by atoms with E-state index in [4.69, 9.17) is 23.2 Å². The Labute approximate surface area is 111 Å². The van der Waals surface area contributed by atoms with Crippen LogP contribution < -0.4 is 5.73 Å². The number of benzene rings is 2. The molecule has 0 unspecified atom stereocenters. The highest BCUT2D eigenvalue weighted by atomic mass is 35.5. The Morgan fingerprint density at radius 1 is 1.00 bits per heavy atom. The van der Waals surface area contributed by atoms with Crippen LogP contribution in [0.4, 0.5) is 0 Å². The van der Waals surface area contributed by atoms with Gasteiger partial charge in [0.05, 0.1) is 12.5 Å². The van der Waals surface area contributed by atoms with Crippen molar-refractivity contribution in [2.75, 3.05) is 6.54 Å². The van der Waals surface area contributed by atoms with E-state index >= 15 is 0 Å². The van der Waals surface area contributed by atoms with Gasteiger partial charge in [0.2, 0.25) is 0 Å². The molecular weight excluding hydrogens is 253 g/mol. The summed E-state index contributed by atoms with van der Waals surface area (Å²) in [6.07, 6.45) is 0. The van der Waals surface area contributed by atoms with Crippen LogP contribution in [0.2, 0.25) is 10.0 Å². The average Bonchev–Trinajstić information content (AvgIpc) is 2.34. The van der Waals surface area contributed by atoms with Crippen molar-refractivity contribution in [2.45, 2.75) is 5.92 Å². The molecule has 0 heterocycles. The fourth-order valence-corrected chi connectivity index (χ4v) is 2.51. The quantitative estimate of drug-likeness (QED) is 0.883. The van der Waals surface area contributed by atoms with E-state index in [1.807, 2.05) is 30.3 Å². The Bertz CT molecular complexity index is 497. The van der Waals surface area contributed by atoms with Gasteiger partial charge in [-0.3, -0.25) is 0 Å². The van der Waals surface area contributed by atoms with E-state index in [-0.39, 0.29) is 5.92 Å². The molecule has 0 amide bonds. The highest BCUT2D eigenvalue weighted by molar-refractivity contribution is 6.35. The van der Waals surface area contributed by atoms with E-state index in [0.717, 1.165) is 12.1 Å². The van der Waals surface area contributed by atoms with Crippen molar-refractivity contribution in [3.05, 3.63) is 69.7 Å². The third kappa shape index (κ3) is 2.81. The normalized spacial score (nSPS) is 12.4. The fourth-order valence-electron chi connectivity index (χ4n) is 1.97. The first-order chi connectivity index (χ1) is 8.22. The molecule has 0 radical (unpaired) electrons. The van der Waals surface area contributed by atoms with Gasteiger partial charge in [0.25, 0.3) is 0 Å². The molecule has 1 atom stereocenters. The monoisotopic (exact) mass is 266 g/mol. The summed E-state index contributed by atoms with van der Waals surface area (Å²) in [5.41, 5.74) is 6.32. The molecule has 1 nitrogen and oxygen atoms in total. The van der Waals surface area contributed by atoms with Crippen LogP contribution in [0.25, 0.3) is 0 Å². The van der Waals surface area contributed by atoms with E-state index in [2.05, 4.69) is 17.9 Å². The van der Waals surface area contributed by atoms with Crippen LogP contribution in [-0.2, 0) is 0 Å². The third-order valence-electron chi connectivity index (χ3n) is 2.83. The molecule has 0 aliphatic heterocycles. The first-order valence-electron chi connectivity index (χ1n) is 5.51. The van der Waals surface area contributed by atoms with E-state index in [1.165, 1.54) is 5.56 Å². The van der Waals surface area contributed by atoms with Gasteiger partial charge in [0, 0.05) is 10.0 Å². The lowest BCUT2D eigenvalue weighted by Gasteiger charge is -2.15. The molecule has 0 saturated heterocycles. The van der Waals surface area contributed by atoms with Gasteiger partial charge in [-0.15, -0.1) is 0 Å². The first kappa shape index (κ1) is 12.4. The Morgan fingerprint density at radius 2 is 1.71 bits per heavy atom. The predicted molar refractivity (Wildman–Crippen MR) is 72.5 cm³/mol. The molecule has 0 aliphatic rings. The number of hydrogen-bond donors (Lipinski definition) is 1. The Kier molecular flexibility index (Phi) is 4.06. The summed E-state index contributed by atoms with van der Waals surface area (Å²) < 4.78 is 0. The van der Waals surface area contributed by atoms with Crippen LogP contribution in [0.3, 0.4) is 0 Å².